The molecule has 2 aromatic rings. The van der Waals surface area contributed by atoms with Crippen LogP contribution in [-0.4, -0.2) is 53.1 Å². The Hall–Kier alpha value is -2.63. The van der Waals surface area contributed by atoms with E-state index in [1.165, 1.54) is 5.56 Å². The average Bonchev–Trinajstić information content (AvgIpc) is 2.68. The summed E-state index contributed by atoms with van der Waals surface area (Å²) in [6.45, 7) is 9.13. The van der Waals surface area contributed by atoms with E-state index in [-0.39, 0.29) is 12.1 Å². The highest BCUT2D eigenvalue weighted by Gasteiger charge is 2.22. The number of urea groups is 1. The van der Waals surface area contributed by atoms with Crippen LogP contribution < -0.4 is 10.2 Å². The molecule has 1 N–H and O–H groups in total. The maximum Gasteiger partial charge on any atom is 0.317 e. The summed E-state index contributed by atoms with van der Waals surface area (Å²) in [5, 5.41) is 3.03. The first-order chi connectivity index (χ1) is 12.6. The number of anilines is 1. The molecule has 0 spiro atoms. The van der Waals surface area contributed by atoms with Crippen molar-refractivity contribution in [2.45, 2.75) is 33.2 Å². The molecular weight excluding hydrogens is 326 g/mol. The molecule has 0 radical (unpaired) electrons. The molecule has 0 unspecified atom stereocenters. The van der Waals surface area contributed by atoms with Gasteiger partial charge in [0.1, 0.15) is 12.1 Å². The Bertz CT molecular complexity index is 755. The van der Waals surface area contributed by atoms with E-state index < -0.39 is 0 Å². The number of piperazine rings is 1. The molecular formula is C20H27N5O. The zero-order chi connectivity index (χ0) is 18.5. The summed E-state index contributed by atoms with van der Waals surface area (Å²) in [6.07, 6.45) is 2.56. The van der Waals surface area contributed by atoms with E-state index in [9.17, 15) is 4.79 Å². The van der Waals surface area contributed by atoms with Crippen LogP contribution in [0, 0.1) is 6.92 Å². The molecule has 1 saturated heterocycles. The molecule has 1 aromatic heterocycles. The molecule has 0 saturated carbocycles. The average molecular weight is 353 g/mol. The van der Waals surface area contributed by atoms with Crippen LogP contribution in [0.5, 0.6) is 0 Å². The highest BCUT2D eigenvalue weighted by atomic mass is 16.2. The maximum absolute atomic E-state index is 12.3. The van der Waals surface area contributed by atoms with Crippen LogP contribution in [0.1, 0.15) is 25.8 Å². The van der Waals surface area contributed by atoms with Crippen molar-refractivity contribution in [1.29, 1.82) is 0 Å². The monoisotopic (exact) mass is 353 g/mol. The van der Waals surface area contributed by atoms with Gasteiger partial charge in [-0.3, -0.25) is 0 Å². The van der Waals surface area contributed by atoms with Gasteiger partial charge in [-0.2, -0.15) is 0 Å². The molecule has 1 atom stereocenters. The zero-order valence-electron chi connectivity index (χ0n) is 15.8. The van der Waals surface area contributed by atoms with Crippen molar-refractivity contribution in [1.82, 2.24) is 20.2 Å². The largest absolute Gasteiger partial charge is 0.353 e. The van der Waals surface area contributed by atoms with Crippen molar-refractivity contribution in [3.8, 4) is 11.3 Å². The summed E-state index contributed by atoms with van der Waals surface area (Å²) in [5.41, 5.74) is 3.24. The van der Waals surface area contributed by atoms with Crippen LogP contribution >= 0.6 is 0 Å². The summed E-state index contributed by atoms with van der Waals surface area (Å²) >= 11 is 0. The Kier molecular flexibility index (Phi) is 5.71. The number of carbonyl (C=O) groups is 1. The Morgan fingerprint density at radius 1 is 1.19 bits per heavy atom. The molecule has 138 valence electrons. The highest BCUT2D eigenvalue weighted by Crippen LogP contribution is 2.22. The molecule has 0 bridgehead atoms. The van der Waals surface area contributed by atoms with E-state index in [0.29, 0.717) is 13.1 Å². The van der Waals surface area contributed by atoms with Gasteiger partial charge in [0.05, 0.1) is 5.69 Å². The van der Waals surface area contributed by atoms with E-state index in [1.54, 1.807) is 6.33 Å². The normalized spacial score (nSPS) is 15.7. The SMILES string of the molecule is CC[C@H](C)NC(=O)N1CCN(c2cc(-c3cccc(C)c3)ncn2)CC1. The molecule has 2 amide bonds. The maximum atomic E-state index is 12.3. The number of aromatic nitrogens is 2. The van der Waals surface area contributed by atoms with E-state index >= 15 is 0 Å². The van der Waals surface area contributed by atoms with Crippen LogP contribution in [0.25, 0.3) is 11.3 Å². The smallest absolute Gasteiger partial charge is 0.317 e. The molecule has 26 heavy (non-hydrogen) atoms. The van der Waals surface area contributed by atoms with Gasteiger partial charge < -0.3 is 15.1 Å². The lowest BCUT2D eigenvalue weighted by atomic mass is 10.1. The quantitative estimate of drug-likeness (QED) is 0.918. The minimum atomic E-state index is 0.0298. The highest BCUT2D eigenvalue weighted by molar-refractivity contribution is 5.75. The number of nitrogens with one attached hydrogen (secondary N) is 1. The number of nitrogens with zero attached hydrogens (tertiary/aromatic N) is 4. The van der Waals surface area contributed by atoms with Gasteiger partial charge in [-0.05, 0) is 26.3 Å². The van der Waals surface area contributed by atoms with Crippen LogP contribution in [0.4, 0.5) is 10.6 Å². The number of carbonyl (C=O) groups excluding carboxylic acids is 1. The molecule has 0 aliphatic carbocycles. The second-order valence-corrected chi connectivity index (χ2v) is 6.86. The molecule has 1 aliphatic heterocycles. The van der Waals surface area contributed by atoms with E-state index in [2.05, 4.69) is 52.2 Å². The first-order valence-electron chi connectivity index (χ1n) is 9.26. The summed E-state index contributed by atoms with van der Waals surface area (Å²) in [6, 6.07) is 10.6. The number of aryl methyl sites for hydroxylation is 1. The van der Waals surface area contributed by atoms with Crippen molar-refractivity contribution in [3.63, 3.8) is 0 Å². The van der Waals surface area contributed by atoms with Gasteiger partial charge in [0, 0.05) is 43.9 Å². The number of benzene rings is 1. The lowest BCUT2D eigenvalue weighted by molar-refractivity contribution is 0.190. The van der Waals surface area contributed by atoms with Gasteiger partial charge in [0.15, 0.2) is 0 Å². The van der Waals surface area contributed by atoms with E-state index in [4.69, 9.17) is 0 Å². The Balaban J connectivity index is 1.65. The molecule has 1 aromatic carbocycles. The zero-order valence-corrected chi connectivity index (χ0v) is 15.8. The third-order valence-corrected chi connectivity index (χ3v) is 4.84. The Morgan fingerprint density at radius 3 is 2.65 bits per heavy atom. The second kappa shape index (κ2) is 8.17. The van der Waals surface area contributed by atoms with Crippen molar-refractivity contribution < 1.29 is 4.79 Å². The van der Waals surface area contributed by atoms with Crippen molar-refractivity contribution in [3.05, 3.63) is 42.2 Å². The third kappa shape index (κ3) is 4.31. The number of hydrogen-bond acceptors (Lipinski definition) is 4. The van der Waals surface area contributed by atoms with Crippen LogP contribution in [0.2, 0.25) is 0 Å². The molecule has 6 heteroatoms. The molecule has 6 nitrogen and oxygen atoms in total. The van der Waals surface area contributed by atoms with Crippen LogP contribution in [0.3, 0.4) is 0 Å². The predicted octanol–water partition coefficient (Wildman–Crippen LogP) is 3.08. The fourth-order valence-corrected chi connectivity index (χ4v) is 3.03. The molecule has 1 fully saturated rings. The first-order valence-corrected chi connectivity index (χ1v) is 9.26. The molecule has 3 rings (SSSR count). The summed E-state index contributed by atoms with van der Waals surface area (Å²) < 4.78 is 0. The van der Waals surface area contributed by atoms with E-state index in [0.717, 1.165) is 36.6 Å². The summed E-state index contributed by atoms with van der Waals surface area (Å²) in [7, 11) is 0. The Labute approximate surface area is 155 Å². The fraction of sp³-hybridized carbons (Fsp3) is 0.450. The van der Waals surface area contributed by atoms with Crippen molar-refractivity contribution >= 4 is 11.8 Å². The first kappa shape index (κ1) is 18.2. The number of amides is 2. The molecule has 1 aliphatic rings. The minimum absolute atomic E-state index is 0.0298. The number of rotatable bonds is 4. The van der Waals surface area contributed by atoms with Gasteiger partial charge in [-0.15, -0.1) is 0 Å². The second-order valence-electron chi connectivity index (χ2n) is 6.86. The summed E-state index contributed by atoms with van der Waals surface area (Å²) in [5.74, 6) is 0.915. The van der Waals surface area contributed by atoms with Gasteiger partial charge in [-0.1, -0.05) is 30.7 Å². The minimum Gasteiger partial charge on any atom is -0.353 e. The lowest BCUT2D eigenvalue weighted by Gasteiger charge is -2.35. The van der Waals surface area contributed by atoms with E-state index in [1.807, 2.05) is 24.0 Å². The van der Waals surface area contributed by atoms with Crippen LogP contribution in [0.15, 0.2) is 36.7 Å². The van der Waals surface area contributed by atoms with Crippen molar-refractivity contribution in [2.24, 2.45) is 0 Å². The van der Waals surface area contributed by atoms with Gasteiger partial charge in [0.2, 0.25) is 0 Å². The van der Waals surface area contributed by atoms with Gasteiger partial charge in [-0.25, -0.2) is 14.8 Å². The van der Waals surface area contributed by atoms with Crippen LogP contribution in [-0.2, 0) is 0 Å². The third-order valence-electron chi connectivity index (χ3n) is 4.84. The fourth-order valence-electron chi connectivity index (χ4n) is 3.03. The topological polar surface area (TPSA) is 61.4 Å². The lowest BCUT2D eigenvalue weighted by Crippen LogP contribution is -2.53. The van der Waals surface area contributed by atoms with Crippen molar-refractivity contribution in [2.75, 3.05) is 31.1 Å². The number of hydrogen-bond donors (Lipinski definition) is 1. The van der Waals surface area contributed by atoms with Gasteiger partial charge in [0.25, 0.3) is 0 Å². The summed E-state index contributed by atoms with van der Waals surface area (Å²) in [4.78, 5) is 25.2. The predicted molar refractivity (Wildman–Crippen MR) is 104 cm³/mol. The van der Waals surface area contributed by atoms with Gasteiger partial charge >= 0.3 is 6.03 Å². The Morgan fingerprint density at radius 2 is 1.96 bits per heavy atom. The molecule has 2 heterocycles. The standard InChI is InChI=1S/C20H27N5O/c1-4-16(3)23-20(26)25-10-8-24(9-11-25)19-13-18(21-14-22-19)17-7-5-6-15(2)12-17/h5-7,12-14,16H,4,8-11H2,1-3H3,(H,23,26)/t16-/m0/s1.